The molecule has 0 radical (unpaired) electrons. The van der Waals surface area contributed by atoms with Gasteiger partial charge in [-0.25, -0.2) is 4.98 Å². The molecule has 0 aliphatic heterocycles. The molecule has 90 valence electrons. The van der Waals surface area contributed by atoms with Crippen LogP contribution in [0.25, 0.3) is 0 Å². The van der Waals surface area contributed by atoms with Gasteiger partial charge in [-0.15, -0.1) is 11.3 Å². The third-order valence-electron chi connectivity index (χ3n) is 3.41. The Hall–Kier alpha value is -0.410. The maximum Gasteiger partial charge on any atom is 0.0897 e. The van der Waals surface area contributed by atoms with Crippen LogP contribution in [-0.2, 0) is 0 Å². The van der Waals surface area contributed by atoms with E-state index in [1.54, 1.807) is 0 Å². The van der Waals surface area contributed by atoms with Crippen molar-refractivity contribution in [2.45, 2.75) is 64.5 Å². The number of aromatic nitrogens is 1. The molecule has 3 heteroatoms. The van der Waals surface area contributed by atoms with Gasteiger partial charge in [0.25, 0.3) is 0 Å². The van der Waals surface area contributed by atoms with Gasteiger partial charge in [0.2, 0.25) is 0 Å². The average molecular weight is 238 g/mol. The SMILES string of the molecule is Cc1ncc(C(C)NC2CCCCCC2)s1. The number of nitrogens with zero attached hydrogens (tertiary/aromatic N) is 1. The van der Waals surface area contributed by atoms with E-state index in [0.29, 0.717) is 6.04 Å². The predicted octanol–water partition coefficient (Wildman–Crippen LogP) is 3.82. The molecule has 0 spiro atoms. The van der Waals surface area contributed by atoms with E-state index in [1.165, 1.54) is 48.4 Å². The summed E-state index contributed by atoms with van der Waals surface area (Å²) >= 11 is 1.82. The van der Waals surface area contributed by atoms with Crippen molar-refractivity contribution in [1.29, 1.82) is 0 Å². The van der Waals surface area contributed by atoms with Gasteiger partial charge >= 0.3 is 0 Å². The lowest BCUT2D eigenvalue weighted by molar-refractivity contribution is 0.417. The van der Waals surface area contributed by atoms with Gasteiger partial charge < -0.3 is 5.32 Å². The Balaban J connectivity index is 1.88. The van der Waals surface area contributed by atoms with Crippen molar-refractivity contribution in [3.8, 4) is 0 Å². The third kappa shape index (κ3) is 3.29. The molecule has 1 aromatic rings. The summed E-state index contributed by atoms with van der Waals surface area (Å²) in [5.74, 6) is 0. The topological polar surface area (TPSA) is 24.9 Å². The molecule has 1 heterocycles. The fourth-order valence-electron chi connectivity index (χ4n) is 2.46. The first kappa shape index (κ1) is 12.1. The van der Waals surface area contributed by atoms with Crippen molar-refractivity contribution >= 4 is 11.3 Å². The largest absolute Gasteiger partial charge is 0.307 e. The van der Waals surface area contributed by atoms with Crippen molar-refractivity contribution in [3.63, 3.8) is 0 Å². The van der Waals surface area contributed by atoms with Crippen molar-refractivity contribution in [2.75, 3.05) is 0 Å². The number of aryl methyl sites for hydroxylation is 1. The molecule has 2 nitrogen and oxygen atoms in total. The number of thiazole rings is 1. The van der Waals surface area contributed by atoms with Crippen LogP contribution in [0.15, 0.2) is 6.20 Å². The zero-order valence-corrected chi connectivity index (χ0v) is 11.1. The summed E-state index contributed by atoms with van der Waals surface area (Å²) < 4.78 is 0. The van der Waals surface area contributed by atoms with E-state index in [2.05, 4.69) is 24.1 Å². The van der Waals surface area contributed by atoms with E-state index < -0.39 is 0 Å². The molecular weight excluding hydrogens is 216 g/mol. The molecule has 1 atom stereocenters. The Bertz CT molecular complexity index is 313. The lowest BCUT2D eigenvalue weighted by Crippen LogP contribution is -2.30. The molecule has 1 fully saturated rings. The maximum atomic E-state index is 4.33. The van der Waals surface area contributed by atoms with E-state index in [-0.39, 0.29) is 0 Å². The number of hydrogen-bond acceptors (Lipinski definition) is 3. The summed E-state index contributed by atoms with van der Waals surface area (Å²) in [6.07, 6.45) is 10.4. The van der Waals surface area contributed by atoms with Crippen LogP contribution >= 0.6 is 11.3 Å². The maximum absolute atomic E-state index is 4.33. The van der Waals surface area contributed by atoms with E-state index in [1.807, 2.05) is 17.5 Å². The van der Waals surface area contributed by atoms with Gasteiger partial charge in [-0.1, -0.05) is 25.7 Å². The van der Waals surface area contributed by atoms with E-state index in [4.69, 9.17) is 0 Å². The minimum atomic E-state index is 0.467. The molecule has 1 saturated carbocycles. The predicted molar refractivity (Wildman–Crippen MR) is 69.9 cm³/mol. The lowest BCUT2D eigenvalue weighted by atomic mass is 10.1. The number of nitrogens with one attached hydrogen (secondary N) is 1. The van der Waals surface area contributed by atoms with Gasteiger partial charge in [-0.3, -0.25) is 0 Å². The summed E-state index contributed by atoms with van der Waals surface area (Å²) in [7, 11) is 0. The molecule has 0 saturated heterocycles. The quantitative estimate of drug-likeness (QED) is 0.810. The first-order chi connectivity index (χ1) is 7.75. The van der Waals surface area contributed by atoms with E-state index in [9.17, 15) is 0 Å². The summed E-state index contributed by atoms with van der Waals surface area (Å²) in [5, 5.41) is 4.93. The van der Waals surface area contributed by atoms with Crippen LogP contribution in [-0.4, -0.2) is 11.0 Å². The highest BCUT2D eigenvalue weighted by Crippen LogP contribution is 2.23. The minimum Gasteiger partial charge on any atom is -0.307 e. The normalized spacial score (nSPS) is 20.6. The molecule has 16 heavy (non-hydrogen) atoms. The Morgan fingerprint density at radius 2 is 2.00 bits per heavy atom. The second-order valence-electron chi connectivity index (χ2n) is 4.86. The van der Waals surface area contributed by atoms with Crippen molar-refractivity contribution in [2.24, 2.45) is 0 Å². The second kappa shape index (κ2) is 5.78. The zero-order valence-electron chi connectivity index (χ0n) is 10.3. The van der Waals surface area contributed by atoms with Gasteiger partial charge in [0.1, 0.15) is 0 Å². The smallest absolute Gasteiger partial charge is 0.0897 e. The zero-order chi connectivity index (χ0) is 11.4. The van der Waals surface area contributed by atoms with Gasteiger partial charge in [0.05, 0.1) is 5.01 Å². The van der Waals surface area contributed by atoms with E-state index in [0.717, 1.165) is 6.04 Å². The monoisotopic (exact) mass is 238 g/mol. The molecule has 0 aromatic carbocycles. The Kier molecular flexibility index (Phi) is 4.36. The summed E-state index contributed by atoms with van der Waals surface area (Å²) in [6.45, 7) is 4.34. The van der Waals surface area contributed by atoms with Crippen molar-refractivity contribution in [1.82, 2.24) is 10.3 Å². The molecular formula is C13H22N2S. The van der Waals surface area contributed by atoms with Crippen LogP contribution in [0.5, 0.6) is 0 Å². The Labute approximate surface area is 102 Å². The van der Waals surface area contributed by atoms with Crippen LogP contribution < -0.4 is 5.32 Å². The Morgan fingerprint density at radius 1 is 1.31 bits per heavy atom. The molecule has 0 bridgehead atoms. The molecule has 0 amide bonds. The highest BCUT2D eigenvalue weighted by atomic mass is 32.1. The number of rotatable bonds is 3. The van der Waals surface area contributed by atoms with Crippen molar-refractivity contribution in [3.05, 3.63) is 16.1 Å². The van der Waals surface area contributed by atoms with Gasteiger partial charge in [-0.2, -0.15) is 0 Å². The van der Waals surface area contributed by atoms with Crippen LogP contribution in [0.3, 0.4) is 0 Å². The van der Waals surface area contributed by atoms with Crippen LogP contribution in [0.4, 0.5) is 0 Å². The molecule has 1 aliphatic rings. The van der Waals surface area contributed by atoms with Crippen LogP contribution in [0.1, 0.15) is 61.4 Å². The standard InChI is InChI=1S/C13H22N2S/c1-10(13-9-14-11(2)16-13)15-12-7-5-3-4-6-8-12/h9-10,12,15H,3-8H2,1-2H3. The molecule has 1 unspecified atom stereocenters. The van der Waals surface area contributed by atoms with Crippen molar-refractivity contribution < 1.29 is 0 Å². The number of hydrogen-bond donors (Lipinski definition) is 1. The first-order valence-corrected chi connectivity index (χ1v) is 7.26. The van der Waals surface area contributed by atoms with Crippen LogP contribution in [0, 0.1) is 6.92 Å². The average Bonchev–Trinajstić information content (AvgIpc) is 2.54. The fraction of sp³-hybridized carbons (Fsp3) is 0.769. The fourth-order valence-corrected chi connectivity index (χ4v) is 3.26. The molecule has 1 aromatic heterocycles. The van der Waals surface area contributed by atoms with Gasteiger partial charge in [-0.05, 0) is 26.7 Å². The molecule has 1 N–H and O–H groups in total. The van der Waals surface area contributed by atoms with Gasteiger partial charge in [0, 0.05) is 23.2 Å². The van der Waals surface area contributed by atoms with E-state index >= 15 is 0 Å². The summed E-state index contributed by atoms with van der Waals surface area (Å²) in [5.41, 5.74) is 0. The van der Waals surface area contributed by atoms with Crippen LogP contribution in [0.2, 0.25) is 0 Å². The Morgan fingerprint density at radius 3 is 2.56 bits per heavy atom. The highest BCUT2D eigenvalue weighted by Gasteiger charge is 2.16. The first-order valence-electron chi connectivity index (χ1n) is 6.44. The highest BCUT2D eigenvalue weighted by molar-refractivity contribution is 7.11. The second-order valence-corrected chi connectivity index (χ2v) is 6.12. The molecule has 1 aliphatic carbocycles. The molecule has 2 rings (SSSR count). The summed E-state index contributed by atoms with van der Waals surface area (Å²) in [4.78, 5) is 5.70. The summed E-state index contributed by atoms with van der Waals surface area (Å²) in [6, 6.07) is 1.19. The lowest BCUT2D eigenvalue weighted by Gasteiger charge is -2.20. The minimum absolute atomic E-state index is 0.467. The third-order valence-corrected chi connectivity index (χ3v) is 4.50. The van der Waals surface area contributed by atoms with Gasteiger partial charge in [0.15, 0.2) is 0 Å².